The van der Waals surface area contributed by atoms with Crippen LogP contribution in [0.1, 0.15) is 11.1 Å². The average Bonchev–Trinajstić information content (AvgIpc) is 2.43. The zero-order chi connectivity index (χ0) is 15.4. The SMILES string of the molecule is Cc1ccc(Oc2ccc(F)c(Cl)c2)c(/C=C/C(=O)O)c1. The lowest BCUT2D eigenvalue weighted by Gasteiger charge is -2.10. The summed E-state index contributed by atoms with van der Waals surface area (Å²) in [5.41, 5.74) is 1.57. The summed E-state index contributed by atoms with van der Waals surface area (Å²) in [5.74, 6) is -0.748. The predicted molar refractivity (Wildman–Crippen MR) is 79.3 cm³/mol. The molecule has 0 amide bonds. The van der Waals surface area contributed by atoms with E-state index < -0.39 is 11.8 Å². The van der Waals surface area contributed by atoms with E-state index >= 15 is 0 Å². The minimum atomic E-state index is -1.05. The van der Waals surface area contributed by atoms with Gasteiger partial charge in [-0.15, -0.1) is 0 Å². The third-order valence-electron chi connectivity index (χ3n) is 2.69. The molecule has 2 aromatic carbocycles. The summed E-state index contributed by atoms with van der Waals surface area (Å²) < 4.78 is 18.8. The molecule has 2 rings (SSSR count). The van der Waals surface area contributed by atoms with Gasteiger partial charge in [0, 0.05) is 17.7 Å². The van der Waals surface area contributed by atoms with Crippen LogP contribution in [-0.2, 0) is 4.79 Å². The van der Waals surface area contributed by atoms with Gasteiger partial charge in [-0.3, -0.25) is 0 Å². The van der Waals surface area contributed by atoms with Gasteiger partial charge in [-0.2, -0.15) is 0 Å². The molecule has 2 aromatic rings. The van der Waals surface area contributed by atoms with Gasteiger partial charge >= 0.3 is 5.97 Å². The third kappa shape index (κ3) is 4.07. The van der Waals surface area contributed by atoms with Gasteiger partial charge in [-0.1, -0.05) is 23.2 Å². The molecule has 0 aromatic heterocycles. The molecule has 3 nitrogen and oxygen atoms in total. The molecule has 1 N–H and O–H groups in total. The van der Waals surface area contributed by atoms with Crippen LogP contribution in [0.15, 0.2) is 42.5 Å². The van der Waals surface area contributed by atoms with Crippen LogP contribution in [0.5, 0.6) is 11.5 Å². The fraction of sp³-hybridized carbons (Fsp3) is 0.0625. The number of carboxylic acids is 1. The van der Waals surface area contributed by atoms with Crippen LogP contribution >= 0.6 is 11.6 Å². The minimum absolute atomic E-state index is 0.0396. The number of carboxylic acid groups (broad SMARTS) is 1. The quantitative estimate of drug-likeness (QED) is 0.834. The zero-order valence-corrected chi connectivity index (χ0v) is 11.9. The molecule has 0 spiro atoms. The lowest BCUT2D eigenvalue weighted by molar-refractivity contribution is -0.131. The molecule has 0 aliphatic rings. The fourth-order valence-corrected chi connectivity index (χ4v) is 1.89. The molecule has 0 saturated carbocycles. The molecule has 0 aliphatic carbocycles. The maximum absolute atomic E-state index is 13.1. The minimum Gasteiger partial charge on any atom is -0.478 e. The maximum atomic E-state index is 13.1. The molecular formula is C16H12ClFO3. The van der Waals surface area contributed by atoms with E-state index in [1.165, 1.54) is 24.3 Å². The lowest BCUT2D eigenvalue weighted by Crippen LogP contribution is -1.91. The Labute approximate surface area is 126 Å². The topological polar surface area (TPSA) is 46.5 Å². The van der Waals surface area contributed by atoms with E-state index in [0.717, 1.165) is 11.6 Å². The smallest absolute Gasteiger partial charge is 0.328 e. The first-order valence-electron chi connectivity index (χ1n) is 6.10. The number of benzene rings is 2. The normalized spacial score (nSPS) is 10.8. The van der Waals surface area contributed by atoms with Crippen molar-refractivity contribution in [2.45, 2.75) is 6.92 Å². The highest BCUT2D eigenvalue weighted by molar-refractivity contribution is 6.30. The summed E-state index contributed by atoms with van der Waals surface area (Å²) in [6, 6.07) is 9.36. The number of aliphatic carboxylic acids is 1. The van der Waals surface area contributed by atoms with E-state index in [4.69, 9.17) is 21.4 Å². The number of aryl methyl sites for hydroxylation is 1. The van der Waals surface area contributed by atoms with Crippen molar-refractivity contribution in [2.75, 3.05) is 0 Å². The molecule has 0 fully saturated rings. The summed E-state index contributed by atoms with van der Waals surface area (Å²) in [6.45, 7) is 1.89. The van der Waals surface area contributed by atoms with E-state index in [1.807, 2.05) is 13.0 Å². The maximum Gasteiger partial charge on any atom is 0.328 e. The second-order valence-corrected chi connectivity index (χ2v) is 4.80. The first-order chi connectivity index (χ1) is 9.95. The number of carbonyl (C=O) groups is 1. The highest BCUT2D eigenvalue weighted by atomic mass is 35.5. The standard InChI is InChI=1S/C16H12ClFO3/c1-10-2-6-15(11(8-10)3-7-16(19)20)21-12-4-5-14(18)13(17)9-12/h2-9H,1H3,(H,19,20)/b7-3+. The average molecular weight is 307 g/mol. The second-order valence-electron chi connectivity index (χ2n) is 4.39. The Bertz CT molecular complexity index is 711. The Hall–Kier alpha value is -2.33. The van der Waals surface area contributed by atoms with Gasteiger partial charge in [0.25, 0.3) is 0 Å². The number of rotatable bonds is 4. The van der Waals surface area contributed by atoms with Crippen LogP contribution < -0.4 is 4.74 Å². The van der Waals surface area contributed by atoms with Crippen LogP contribution in [0.2, 0.25) is 5.02 Å². The largest absolute Gasteiger partial charge is 0.478 e. The molecule has 21 heavy (non-hydrogen) atoms. The van der Waals surface area contributed by atoms with Gasteiger partial charge in [0.1, 0.15) is 17.3 Å². The molecule has 0 saturated heterocycles. The van der Waals surface area contributed by atoms with Crippen molar-refractivity contribution in [3.05, 3.63) is 64.4 Å². The van der Waals surface area contributed by atoms with Gasteiger partial charge in [0.05, 0.1) is 5.02 Å². The molecule has 0 unspecified atom stereocenters. The van der Waals surface area contributed by atoms with E-state index in [0.29, 0.717) is 17.1 Å². The molecule has 0 bridgehead atoms. The summed E-state index contributed by atoms with van der Waals surface area (Å²) in [6.07, 6.45) is 2.47. The Morgan fingerprint density at radius 1 is 1.29 bits per heavy atom. The van der Waals surface area contributed by atoms with Crippen molar-refractivity contribution in [1.82, 2.24) is 0 Å². The highest BCUT2D eigenvalue weighted by Crippen LogP contribution is 2.29. The first kappa shape index (κ1) is 15.1. The van der Waals surface area contributed by atoms with Crippen molar-refractivity contribution in [3.63, 3.8) is 0 Å². The van der Waals surface area contributed by atoms with Gasteiger partial charge in [-0.25, -0.2) is 9.18 Å². The molecule has 108 valence electrons. The molecule has 0 heterocycles. The van der Waals surface area contributed by atoms with Crippen molar-refractivity contribution in [2.24, 2.45) is 0 Å². The Morgan fingerprint density at radius 3 is 2.71 bits per heavy atom. The van der Waals surface area contributed by atoms with Gasteiger partial charge < -0.3 is 9.84 Å². The Balaban J connectivity index is 2.34. The fourth-order valence-electron chi connectivity index (χ4n) is 1.72. The third-order valence-corrected chi connectivity index (χ3v) is 2.98. The van der Waals surface area contributed by atoms with E-state index in [1.54, 1.807) is 12.1 Å². The van der Waals surface area contributed by atoms with Crippen LogP contribution in [0.25, 0.3) is 6.08 Å². The number of hydrogen-bond donors (Lipinski definition) is 1. The van der Waals surface area contributed by atoms with Crippen LogP contribution in [0, 0.1) is 12.7 Å². The second kappa shape index (κ2) is 6.41. The molecule has 0 atom stereocenters. The number of ether oxygens (including phenoxy) is 1. The van der Waals surface area contributed by atoms with E-state index in [-0.39, 0.29) is 5.02 Å². The summed E-state index contributed by atoms with van der Waals surface area (Å²) in [7, 11) is 0. The van der Waals surface area contributed by atoms with E-state index in [2.05, 4.69) is 0 Å². The van der Waals surface area contributed by atoms with Gasteiger partial charge in [0.15, 0.2) is 0 Å². The summed E-state index contributed by atoms with van der Waals surface area (Å²) in [5, 5.41) is 8.67. The summed E-state index contributed by atoms with van der Waals surface area (Å²) in [4.78, 5) is 10.6. The summed E-state index contributed by atoms with van der Waals surface area (Å²) >= 11 is 5.70. The first-order valence-corrected chi connectivity index (χ1v) is 6.48. The van der Waals surface area contributed by atoms with Crippen molar-refractivity contribution < 1.29 is 19.0 Å². The van der Waals surface area contributed by atoms with Crippen molar-refractivity contribution >= 4 is 23.6 Å². The Kier molecular flexibility index (Phi) is 4.60. The van der Waals surface area contributed by atoms with Crippen LogP contribution in [0.4, 0.5) is 4.39 Å². The predicted octanol–water partition coefficient (Wildman–Crippen LogP) is 4.68. The number of hydrogen-bond acceptors (Lipinski definition) is 2. The molecule has 5 heteroatoms. The monoisotopic (exact) mass is 306 g/mol. The number of halogens is 2. The highest BCUT2D eigenvalue weighted by Gasteiger charge is 2.06. The zero-order valence-electron chi connectivity index (χ0n) is 11.1. The Morgan fingerprint density at radius 2 is 2.05 bits per heavy atom. The molecule has 0 aliphatic heterocycles. The van der Waals surface area contributed by atoms with Gasteiger partial charge in [-0.05, 0) is 37.3 Å². The van der Waals surface area contributed by atoms with Crippen molar-refractivity contribution in [3.8, 4) is 11.5 Å². The van der Waals surface area contributed by atoms with Crippen LogP contribution in [0.3, 0.4) is 0 Å². The van der Waals surface area contributed by atoms with Gasteiger partial charge in [0.2, 0.25) is 0 Å². The lowest BCUT2D eigenvalue weighted by atomic mass is 10.1. The van der Waals surface area contributed by atoms with Crippen LogP contribution in [-0.4, -0.2) is 11.1 Å². The van der Waals surface area contributed by atoms with E-state index in [9.17, 15) is 9.18 Å². The molecule has 0 radical (unpaired) electrons. The van der Waals surface area contributed by atoms with Crippen molar-refractivity contribution in [1.29, 1.82) is 0 Å². The molecular weight excluding hydrogens is 295 g/mol.